The number of fused-ring (bicyclic) bond motifs is 1. The van der Waals surface area contributed by atoms with Crippen LogP contribution in [0.2, 0.25) is 0 Å². The van der Waals surface area contributed by atoms with Crippen molar-refractivity contribution in [3.05, 3.63) is 66.2 Å². The normalized spacial score (nSPS) is 11.4. The number of likely N-dealkylation sites (N-methyl/N-ethyl adjacent to an activating group) is 1. The van der Waals surface area contributed by atoms with E-state index in [-0.39, 0.29) is 5.82 Å². The molecule has 3 aromatic heterocycles. The van der Waals surface area contributed by atoms with Crippen molar-refractivity contribution in [2.45, 2.75) is 6.54 Å². The van der Waals surface area contributed by atoms with E-state index in [0.29, 0.717) is 46.8 Å². The second-order valence-electron chi connectivity index (χ2n) is 8.57. The maximum atomic E-state index is 13.4. The highest BCUT2D eigenvalue weighted by Crippen LogP contribution is 2.32. The number of hydrogen-bond acceptors (Lipinski definition) is 8. The van der Waals surface area contributed by atoms with Crippen LogP contribution in [0.3, 0.4) is 0 Å². The van der Waals surface area contributed by atoms with Crippen LogP contribution in [-0.4, -0.2) is 69.5 Å². The Bertz CT molecular complexity index is 1500. The summed E-state index contributed by atoms with van der Waals surface area (Å²) in [5.41, 5.74) is 4.94. The minimum atomic E-state index is -0.324. The molecular formula is C26H27FN8O2. The van der Waals surface area contributed by atoms with E-state index in [0.717, 1.165) is 24.1 Å². The molecule has 0 aliphatic rings. The summed E-state index contributed by atoms with van der Waals surface area (Å²) in [6, 6.07) is 12.2. The summed E-state index contributed by atoms with van der Waals surface area (Å²) in [6.45, 7) is 2.33. The minimum Gasteiger partial charge on any atom is -0.491 e. The van der Waals surface area contributed by atoms with Gasteiger partial charge in [-0.1, -0.05) is 6.07 Å². The molecule has 10 nitrogen and oxygen atoms in total. The summed E-state index contributed by atoms with van der Waals surface area (Å²) < 4.78 is 24.0. The number of benzene rings is 2. The quantitative estimate of drug-likeness (QED) is 0.258. The summed E-state index contributed by atoms with van der Waals surface area (Å²) in [7, 11) is 5.31. The van der Waals surface area contributed by atoms with Crippen molar-refractivity contribution < 1.29 is 13.9 Å². The Labute approximate surface area is 212 Å². The summed E-state index contributed by atoms with van der Waals surface area (Å²) in [5.74, 6) is 1.63. The Kier molecular flexibility index (Phi) is 7.06. The summed E-state index contributed by atoms with van der Waals surface area (Å²) in [4.78, 5) is 19.3. The van der Waals surface area contributed by atoms with Gasteiger partial charge in [-0.05, 0) is 49.0 Å². The minimum absolute atomic E-state index is 0.324. The lowest BCUT2D eigenvalue weighted by atomic mass is 10.2. The lowest BCUT2D eigenvalue weighted by molar-refractivity contribution is 0.158. The Hall–Kier alpha value is -4.35. The van der Waals surface area contributed by atoms with E-state index in [2.05, 4.69) is 54.5 Å². The van der Waals surface area contributed by atoms with E-state index in [1.165, 1.54) is 17.7 Å². The molecule has 3 N–H and O–H groups in total. The number of halogens is 1. The molecule has 0 aliphatic carbocycles. The summed E-state index contributed by atoms with van der Waals surface area (Å²) >= 11 is 0. The van der Waals surface area contributed by atoms with E-state index in [1.54, 1.807) is 38.7 Å². The standard InChI is InChI=1S/C26H27FN8O2/c1-35(10-11-36-2)15-16-4-9-19-20(12-16)31-26(30-19)23-21(13-29-34-23)32-25-22(37-3)14-28-24(33-25)17-5-7-18(27)8-6-17/h4-9,12-14H,10-11,15H2,1-3H3,(H,29,34)(H,30,31)(H,28,32,33). The molecule has 0 saturated heterocycles. The van der Waals surface area contributed by atoms with Gasteiger partial charge in [0.25, 0.3) is 0 Å². The van der Waals surface area contributed by atoms with Crippen LogP contribution in [0.25, 0.3) is 33.9 Å². The molecule has 11 heteroatoms. The first-order chi connectivity index (χ1) is 18.0. The van der Waals surface area contributed by atoms with Crippen LogP contribution < -0.4 is 10.1 Å². The molecule has 37 heavy (non-hydrogen) atoms. The molecule has 0 atom stereocenters. The van der Waals surface area contributed by atoms with Gasteiger partial charge in [-0.15, -0.1) is 0 Å². The van der Waals surface area contributed by atoms with Crippen molar-refractivity contribution in [2.24, 2.45) is 0 Å². The number of methoxy groups -OCH3 is 2. The van der Waals surface area contributed by atoms with Gasteiger partial charge in [0.15, 0.2) is 23.2 Å². The third-order valence-electron chi connectivity index (χ3n) is 5.88. The molecule has 0 spiro atoms. The van der Waals surface area contributed by atoms with Crippen LogP contribution in [0.4, 0.5) is 15.9 Å². The molecule has 5 aromatic rings. The second-order valence-corrected chi connectivity index (χ2v) is 8.57. The molecule has 0 unspecified atom stereocenters. The van der Waals surface area contributed by atoms with Crippen molar-refractivity contribution in [2.75, 3.05) is 39.7 Å². The largest absolute Gasteiger partial charge is 0.491 e. The van der Waals surface area contributed by atoms with Crippen molar-refractivity contribution in [1.29, 1.82) is 0 Å². The molecule has 0 aliphatic heterocycles. The molecule has 0 bridgehead atoms. The highest BCUT2D eigenvalue weighted by atomic mass is 19.1. The van der Waals surface area contributed by atoms with Gasteiger partial charge in [-0.2, -0.15) is 5.10 Å². The zero-order valence-corrected chi connectivity index (χ0v) is 20.7. The first-order valence-corrected chi connectivity index (χ1v) is 11.7. The van der Waals surface area contributed by atoms with E-state index in [4.69, 9.17) is 14.5 Å². The Morgan fingerprint density at radius 1 is 1.05 bits per heavy atom. The van der Waals surface area contributed by atoms with Gasteiger partial charge in [0.2, 0.25) is 0 Å². The fourth-order valence-corrected chi connectivity index (χ4v) is 3.95. The van der Waals surface area contributed by atoms with Crippen LogP contribution in [0.15, 0.2) is 54.9 Å². The number of ether oxygens (including phenoxy) is 2. The Balaban J connectivity index is 1.41. The van der Waals surface area contributed by atoms with Crippen molar-refractivity contribution in [3.63, 3.8) is 0 Å². The molecule has 2 aromatic carbocycles. The van der Waals surface area contributed by atoms with Crippen molar-refractivity contribution >= 4 is 22.5 Å². The Morgan fingerprint density at radius 2 is 1.89 bits per heavy atom. The van der Waals surface area contributed by atoms with Gasteiger partial charge in [0.05, 0.1) is 42.8 Å². The van der Waals surface area contributed by atoms with Gasteiger partial charge in [-0.3, -0.25) is 10.00 Å². The Morgan fingerprint density at radius 3 is 2.68 bits per heavy atom. The number of aromatic nitrogens is 6. The topological polar surface area (TPSA) is 117 Å². The number of anilines is 2. The van der Waals surface area contributed by atoms with Crippen LogP contribution in [-0.2, 0) is 11.3 Å². The number of aromatic amines is 2. The number of imidazole rings is 1. The molecule has 0 fully saturated rings. The van der Waals surface area contributed by atoms with Crippen molar-refractivity contribution in [1.82, 2.24) is 35.0 Å². The fourth-order valence-electron chi connectivity index (χ4n) is 3.95. The number of nitrogens with zero attached hydrogens (tertiary/aromatic N) is 5. The number of nitrogens with one attached hydrogen (secondary N) is 3. The van der Waals surface area contributed by atoms with Gasteiger partial charge in [0.1, 0.15) is 11.5 Å². The average molecular weight is 503 g/mol. The highest BCUT2D eigenvalue weighted by molar-refractivity contribution is 5.83. The number of H-pyrrole nitrogens is 2. The number of hydrogen-bond donors (Lipinski definition) is 3. The highest BCUT2D eigenvalue weighted by Gasteiger charge is 2.17. The third kappa shape index (κ3) is 5.42. The van der Waals surface area contributed by atoms with Crippen LogP contribution >= 0.6 is 0 Å². The molecule has 0 radical (unpaired) electrons. The fraction of sp³-hybridized carbons (Fsp3) is 0.231. The van der Waals surface area contributed by atoms with Crippen LogP contribution in [0.5, 0.6) is 5.75 Å². The van der Waals surface area contributed by atoms with Gasteiger partial charge in [0, 0.05) is 25.8 Å². The lowest BCUT2D eigenvalue weighted by Crippen LogP contribution is -2.22. The van der Waals surface area contributed by atoms with Gasteiger partial charge < -0.3 is 19.8 Å². The molecule has 0 saturated carbocycles. The zero-order chi connectivity index (χ0) is 25.8. The van der Waals surface area contributed by atoms with Gasteiger partial charge in [-0.25, -0.2) is 19.3 Å². The number of rotatable bonds is 10. The molecule has 190 valence electrons. The smallest absolute Gasteiger partial charge is 0.179 e. The molecule has 5 rings (SSSR count). The van der Waals surface area contributed by atoms with Crippen LogP contribution in [0.1, 0.15) is 5.56 Å². The zero-order valence-electron chi connectivity index (χ0n) is 20.7. The van der Waals surface area contributed by atoms with Crippen molar-refractivity contribution in [3.8, 4) is 28.7 Å². The van der Waals surface area contributed by atoms with Gasteiger partial charge >= 0.3 is 0 Å². The monoisotopic (exact) mass is 502 g/mol. The molecular weight excluding hydrogens is 475 g/mol. The van der Waals surface area contributed by atoms with E-state index >= 15 is 0 Å². The maximum Gasteiger partial charge on any atom is 0.179 e. The maximum absolute atomic E-state index is 13.4. The first-order valence-electron chi connectivity index (χ1n) is 11.7. The average Bonchev–Trinajstić information content (AvgIpc) is 3.54. The van der Waals surface area contributed by atoms with Crippen LogP contribution in [0, 0.1) is 5.82 Å². The molecule has 0 amide bonds. The third-order valence-corrected chi connectivity index (χ3v) is 5.88. The predicted octanol–water partition coefficient (Wildman–Crippen LogP) is 4.38. The second kappa shape index (κ2) is 10.7. The van der Waals surface area contributed by atoms with E-state index in [1.807, 2.05) is 6.07 Å². The molecule has 3 heterocycles. The summed E-state index contributed by atoms with van der Waals surface area (Å²) in [5, 5.41) is 10.5. The lowest BCUT2D eigenvalue weighted by Gasteiger charge is -2.15. The van der Waals surface area contributed by atoms with E-state index in [9.17, 15) is 4.39 Å². The predicted molar refractivity (Wildman–Crippen MR) is 139 cm³/mol. The SMILES string of the molecule is COCCN(C)Cc1ccc2nc(-c3[nH]ncc3Nc3nc(-c4ccc(F)cc4)ncc3OC)[nH]c2c1. The first kappa shape index (κ1) is 24.3. The summed E-state index contributed by atoms with van der Waals surface area (Å²) in [6.07, 6.45) is 3.22. The van der Waals surface area contributed by atoms with E-state index < -0.39 is 0 Å².